The fraction of sp³-hybridized carbons (Fsp3) is 0.308. The largest absolute Gasteiger partial charge is 0.371 e. The van der Waals surface area contributed by atoms with E-state index in [0.717, 1.165) is 5.56 Å². The summed E-state index contributed by atoms with van der Waals surface area (Å²) in [5, 5.41) is 5.52. The van der Waals surface area contributed by atoms with Crippen LogP contribution in [-0.4, -0.2) is 18.5 Å². The second-order valence-corrected chi connectivity index (χ2v) is 3.83. The SMILES string of the molecule is C=CCNC(=O)C(C)Nc1c(C)cccc1F. The van der Waals surface area contributed by atoms with Gasteiger partial charge in [0.15, 0.2) is 0 Å². The van der Waals surface area contributed by atoms with E-state index < -0.39 is 6.04 Å². The van der Waals surface area contributed by atoms with Gasteiger partial charge in [-0.05, 0) is 25.5 Å². The number of carbonyl (C=O) groups is 1. The summed E-state index contributed by atoms with van der Waals surface area (Å²) >= 11 is 0. The molecule has 1 aromatic rings. The lowest BCUT2D eigenvalue weighted by Gasteiger charge is -2.16. The van der Waals surface area contributed by atoms with Crippen molar-refractivity contribution in [3.05, 3.63) is 42.2 Å². The smallest absolute Gasteiger partial charge is 0.242 e. The maximum atomic E-state index is 13.5. The zero-order chi connectivity index (χ0) is 12.8. The first-order chi connectivity index (χ1) is 8.06. The Morgan fingerprint density at radius 1 is 1.59 bits per heavy atom. The predicted octanol–water partition coefficient (Wildman–Crippen LogP) is 2.24. The zero-order valence-corrected chi connectivity index (χ0v) is 10.1. The normalized spacial score (nSPS) is 11.7. The van der Waals surface area contributed by atoms with Crippen LogP contribution in [0.1, 0.15) is 12.5 Å². The van der Waals surface area contributed by atoms with Crippen LogP contribution in [0.25, 0.3) is 0 Å². The van der Waals surface area contributed by atoms with E-state index in [0.29, 0.717) is 12.2 Å². The summed E-state index contributed by atoms with van der Waals surface area (Å²) in [6.07, 6.45) is 1.60. The van der Waals surface area contributed by atoms with Gasteiger partial charge in [-0.2, -0.15) is 0 Å². The topological polar surface area (TPSA) is 41.1 Å². The van der Waals surface area contributed by atoms with Crippen LogP contribution in [0, 0.1) is 12.7 Å². The minimum absolute atomic E-state index is 0.187. The van der Waals surface area contributed by atoms with Crippen LogP contribution in [0.3, 0.4) is 0 Å². The van der Waals surface area contributed by atoms with Crippen molar-refractivity contribution in [2.24, 2.45) is 0 Å². The number of rotatable bonds is 5. The fourth-order valence-corrected chi connectivity index (χ4v) is 1.42. The molecule has 1 amide bonds. The number of amides is 1. The van der Waals surface area contributed by atoms with Gasteiger partial charge in [-0.1, -0.05) is 18.2 Å². The third-order valence-corrected chi connectivity index (χ3v) is 2.40. The molecule has 1 atom stereocenters. The molecule has 0 saturated heterocycles. The summed E-state index contributed by atoms with van der Waals surface area (Å²) in [5.41, 5.74) is 1.14. The maximum absolute atomic E-state index is 13.5. The molecular weight excluding hydrogens is 219 g/mol. The summed E-state index contributed by atoms with van der Waals surface area (Å²) < 4.78 is 13.5. The van der Waals surface area contributed by atoms with Gasteiger partial charge in [0.25, 0.3) is 0 Å². The van der Waals surface area contributed by atoms with Crippen molar-refractivity contribution >= 4 is 11.6 Å². The molecule has 1 aromatic carbocycles. The number of halogens is 1. The minimum atomic E-state index is -0.495. The van der Waals surface area contributed by atoms with Gasteiger partial charge in [-0.3, -0.25) is 4.79 Å². The molecule has 0 aliphatic rings. The third-order valence-electron chi connectivity index (χ3n) is 2.40. The summed E-state index contributed by atoms with van der Waals surface area (Å²) in [4.78, 5) is 11.6. The highest BCUT2D eigenvalue weighted by atomic mass is 19.1. The minimum Gasteiger partial charge on any atom is -0.371 e. The van der Waals surface area contributed by atoms with E-state index in [4.69, 9.17) is 0 Å². The first kappa shape index (κ1) is 13.2. The maximum Gasteiger partial charge on any atom is 0.242 e. The van der Waals surface area contributed by atoms with Gasteiger partial charge in [-0.15, -0.1) is 6.58 Å². The van der Waals surface area contributed by atoms with Gasteiger partial charge in [0.1, 0.15) is 11.9 Å². The first-order valence-corrected chi connectivity index (χ1v) is 5.46. The van der Waals surface area contributed by atoms with E-state index in [1.165, 1.54) is 6.07 Å². The molecule has 0 spiro atoms. The highest BCUT2D eigenvalue weighted by Crippen LogP contribution is 2.19. The van der Waals surface area contributed by atoms with Gasteiger partial charge in [0.05, 0.1) is 5.69 Å². The standard InChI is InChI=1S/C13H17FN2O/c1-4-8-15-13(17)10(3)16-12-9(2)6-5-7-11(12)14/h4-7,10,16H,1,8H2,2-3H3,(H,15,17). The Balaban J connectivity index is 2.70. The van der Waals surface area contributed by atoms with Crippen LogP contribution >= 0.6 is 0 Å². The molecule has 0 fully saturated rings. The third kappa shape index (κ3) is 3.59. The quantitative estimate of drug-likeness (QED) is 0.770. The highest BCUT2D eigenvalue weighted by Gasteiger charge is 2.14. The fourth-order valence-electron chi connectivity index (χ4n) is 1.42. The Labute approximate surface area is 101 Å². The van der Waals surface area contributed by atoms with Crippen molar-refractivity contribution in [2.45, 2.75) is 19.9 Å². The molecule has 1 rings (SSSR count). The molecule has 0 aliphatic heterocycles. The molecule has 1 unspecified atom stereocenters. The summed E-state index contributed by atoms with van der Waals surface area (Å²) in [7, 11) is 0. The summed E-state index contributed by atoms with van der Waals surface area (Å²) in [6.45, 7) is 7.39. The number of para-hydroxylation sites is 1. The monoisotopic (exact) mass is 236 g/mol. The van der Waals surface area contributed by atoms with Gasteiger partial charge in [0, 0.05) is 6.54 Å². The lowest BCUT2D eigenvalue weighted by molar-refractivity contribution is -0.121. The van der Waals surface area contributed by atoms with E-state index in [-0.39, 0.29) is 11.7 Å². The summed E-state index contributed by atoms with van der Waals surface area (Å²) in [6, 6.07) is 4.30. The molecule has 92 valence electrons. The van der Waals surface area contributed by atoms with Crippen molar-refractivity contribution in [1.29, 1.82) is 0 Å². The van der Waals surface area contributed by atoms with E-state index in [1.807, 2.05) is 0 Å². The average Bonchev–Trinajstić information content (AvgIpc) is 2.30. The van der Waals surface area contributed by atoms with Crippen LogP contribution in [0.4, 0.5) is 10.1 Å². The van der Waals surface area contributed by atoms with Gasteiger partial charge in [0.2, 0.25) is 5.91 Å². The molecular formula is C13H17FN2O. The van der Waals surface area contributed by atoms with Crippen LogP contribution in [-0.2, 0) is 4.79 Å². The van der Waals surface area contributed by atoms with Crippen molar-refractivity contribution in [2.75, 3.05) is 11.9 Å². The average molecular weight is 236 g/mol. The van der Waals surface area contributed by atoms with E-state index >= 15 is 0 Å². The van der Waals surface area contributed by atoms with Crippen molar-refractivity contribution < 1.29 is 9.18 Å². The number of hydrogen-bond acceptors (Lipinski definition) is 2. The molecule has 2 N–H and O–H groups in total. The highest BCUT2D eigenvalue weighted by molar-refractivity contribution is 5.84. The Kier molecular flexibility index (Phi) is 4.69. The second-order valence-electron chi connectivity index (χ2n) is 3.83. The van der Waals surface area contributed by atoms with Crippen LogP contribution in [0.5, 0.6) is 0 Å². The predicted molar refractivity (Wildman–Crippen MR) is 67.4 cm³/mol. The molecule has 0 aromatic heterocycles. The van der Waals surface area contributed by atoms with Crippen molar-refractivity contribution in [1.82, 2.24) is 5.32 Å². The molecule has 17 heavy (non-hydrogen) atoms. The van der Waals surface area contributed by atoms with Gasteiger partial charge in [-0.25, -0.2) is 4.39 Å². The van der Waals surface area contributed by atoms with Crippen LogP contribution < -0.4 is 10.6 Å². The van der Waals surface area contributed by atoms with Crippen molar-refractivity contribution in [3.8, 4) is 0 Å². The first-order valence-electron chi connectivity index (χ1n) is 5.46. The zero-order valence-electron chi connectivity index (χ0n) is 10.1. The number of carbonyl (C=O) groups excluding carboxylic acids is 1. The van der Waals surface area contributed by atoms with Gasteiger partial charge < -0.3 is 10.6 Å². The molecule has 0 saturated carbocycles. The summed E-state index contributed by atoms with van der Waals surface area (Å²) in [5.74, 6) is -0.541. The van der Waals surface area contributed by atoms with E-state index in [2.05, 4.69) is 17.2 Å². The van der Waals surface area contributed by atoms with Crippen molar-refractivity contribution in [3.63, 3.8) is 0 Å². The number of hydrogen-bond donors (Lipinski definition) is 2. The molecule has 0 bridgehead atoms. The number of nitrogens with one attached hydrogen (secondary N) is 2. The number of benzene rings is 1. The van der Waals surface area contributed by atoms with E-state index in [1.54, 1.807) is 32.1 Å². The lowest BCUT2D eigenvalue weighted by atomic mass is 10.1. The Morgan fingerprint density at radius 2 is 2.29 bits per heavy atom. The van der Waals surface area contributed by atoms with Gasteiger partial charge >= 0.3 is 0 Å². The number of aryl methyl sites for hydroxylation is 1. The Morgan fingerprint density at radius 3 is 2.88 bits per heavy atom. The second kappa shape index (κ2) is 6.03. The Bertz CT molecular complexity index is 398. The van der Waals surface area contributed by atoms with Crippen LogP contribution in [0.2, 0.25) is 0 Å². The molecule has 0 aliphatic carbocycles. The van der Waals surface area contributed by atoms with Crippen LogP contribution in [0.15, 0.2) is 30.9 Å². The van der Waals surface area contributed by atoms with E-state index in [9.17, 15) is 9.18 Å². The lowest BCUT2D eigenvalue weighted by Crippen LogP contribution is -2.37. The molecule has 0 radical (unpaired) electrons. The molecule has 4 heteroatoms. The molecule has 0 heterocycles. The Hall–Kier alpha value is -1.84. The molecule has 3 nitrogen and oxygen atoms in total. The number of anilines is 1.